The molecule has 1 saturated heterocycles. The lowest BCUT2D eigenvalue weighted by Crippen LogP contribution is -2.47. The highest BCUT2D eigenvalue weighted by atomic mass is 35.5. The number of nitrogens with one attached hydrogen (secondary N) is 1. The van der Waals surface area contributed by atoms with Gasteiger partial charge in [-0.2, -0.15) is 0 Å². The number of anilines is 1. The van der Waals surface area contributed by atoms with E-state index in [4.69, 9.17) is 16.1 Å². The minimum absolute atomic E-state index is 0.322. The average Bonchev–Trinajstić information content (AvgIpc) is 3.42. The zero-order valence-electron chi connectivity index (χ0n) is 17.3. The van der Waals surface area contributed by atoms with Crippen molar-refractivity contribution in [3.8, 4) is 0 Å². The molecule has 0 spiro atoms. The number of fused-ring (bicyclic) bond motifs is 2. The second-order valence-electron chi connectivity index (χ2n) is 7.83. The predicted molar refractivity (Wildman–Crippen MR) is 129 cm³/mol. The molecule has 0 aliphatic carbocycles. The van der Waals surface area contributed by atoms with Crippen LogP contribution in [0.15, 0.2) is 57.3 Å². The molecule has 0 unspecified atom stereocenters. The number of hydrogen-bond acceptors (Lipinski definition) is 7. The zero-order valence-corrected chi connectivity index (χ0v) is 19.7. The van der Waals surface area contributed by atoms with Crippen LogP contribution in [0.4, 0.5) is 5.82 Å². The number of piperazine rings is 1. The Morgan fingerprint density at radius 2 is 1.91 bits per heavy atom. The molecular weight excluding hydrogens is 468 g/mol. The van der Waals surface area contributed by atoms with Gasteiger partial charge in [-0.05, 0) is 54.8 Å². The van der Waals surface area contributed by atoms with Gasteiger partial charge < -0.3 is 9.42 Å². The van der Waals surface area contributed by atoms with Crippen molar-refractivity contribution in [3.05, 3.63) is 53.6 Å². The van der Waals surface area contributed by atoms with Gasteiger partial charge in [-0.3, -0.25) is 4.90 Å². The summed E-state index contributed by atoms with van der Waals surface area (Å²) >= 11 is 7.27. The third-order valence-electron chi connectivity index (χ3n) is 5.69. The summed E-state index contributed by atoms with van der Waals surface area (Å²) in [7, 11) is -3.52. The summed E-state index contributed by atoms with van der Waals surface area (Å²) in [5, 5.41) is 6.73. The van der Waals surface area contributed by atoms with Crippen LogP contribution in [0.3, 0.4) is 0 Å². The van der Waals surface area contributed by atoms with Gasteiger partial charge in [0.05, 0.1) is 5.39 Å². The summed E-state index contributed by atoms with van der Waals surface area (Å²) in [6, 6.07) is 15.0. The molecule has 2 aromatic carbocycles. The summed E-state index contributed by atoms with van der Waals surface area (Å²) < 4.78 is 34.7. The van der Waals surface area contributed by atoms with Crippen LogP contribution in [-0.4, -0.2) is 57.7 Å². The molecule has 32 heavy (non-hydrogen) atoms. The molecule has 0 bridgehead atoms. The minimum Gasteiger partial charge on any atom is -0.354 e. The van der Waals surface area contributed by atoms with Crippen LogP contribution in [0.2, 0.25) is 5.02 Å². The number of nitrogens with zero attached hydrogens (tertiary/aromatic N) is 3. The number of benzene rings is 2. The molecule has 5 rings (SSSR count). The Balaban J connectivity index is 1.10. The lowest BCUT2D eigenvalue weighted by atomic mass is 10.2. The number of thiophene rings is 1. The maximum absolute atomic E-state index is 12.6. The van der Waals surface area contributed by atoms with Gasteiger partial charge in [0.15, 0.2) is 11.4 Å². The van der Waals surface area contributed by atoms with E-state index in [0.29, 0.717) is 15.8 Å². The number of hydrogen-bond donors (Lipinski definition) is 1. The van der Waals surface area contributed by atoms with Gasteiger partial charge in [-0.25, -0.2) is 13.1 Å². The molecule has 7 nitrogen and oxygen atoms in total. The molecule has 0 radical (unpaired) electrons. The first-order valence-electron chi connectivity index (χ1n) is 10.5. The lowest BCUT2D eigenvalue weighted by molar-refractivity contribution is 0.254. The summed E-state index contributed by atoms with van der Waals surface area (Å²) in [5.41, 5.74) is 0.805. The van der Waals surface area contributed by atoms with E-state index in [-0.39, 0.29) is 0 Å². The third kappa shape index (κ3) is 4.49. The van der Waals surface area contributed by atoms with Crippen LogP contribution in [0.1, 0.15) is 6.42 Å². The minimum atomic E-state index is -3.52. The first-order chi connectivity index (χ1) is 15.5. The van der Waals surface area contributed by atoms with Crippen LogP contribution < -0.4 is 9.62 Å². The van der Waals surface area contributed by atoms with Crippen LogP contribution in [0.25, 0.3) is 21.1 Å². The molecule has 2 aromatic heterocycles. The summed E-state index contributed by atoms with van der Waals surface area (Å²) in [6.07, 6.45) is 0.753. The number of para-hydroxylation sites is 1. The molecular formula is C22H23ClN4O3S2. The van der Waals surface area contributed by atoms with Crippen molar-refractivity contribution in [1.82, 2.24) is 14.8 Å². The van der Waals surface area contributed by atoms with E-state index in [1.165, 1.54) is 11.3 Å². The smallest absolute Gasteiger partial charge is 0.250 e. The molecule has 168 valence electrons. The van der Waals surface area contributed by atoms with Crippen molar-refractivity contribution in [1.29, 1.82) is 0 Å². The van der Waals surface area contributed by atoms with E-state index in [9.17, 15) is 8.42 Å². The highest BCUT2D eigenvalue weighted by Gasteiger charge is 2.22. The first kappa shape index (κ1) is 21.7. The Morgan fingerprint density at radius 3 is 2.75 bits per heavy atom. The van der Waals surface area contributed by atoms with Gasteiger partial charge in [0.1, 0.15) is 4.21 Å². The van der Waals surface area contributed by atoms with Gasteiger partial charge in [-0.1, -0.05) is 28.9 Å². The monoisotopic (exact) mass is 490 g/mol. The van der Waals surface area contributed by atoms with Crippen molar-refractivity contribution in [2.75, 3.05) is 44.2 Å². The van der Waals surface area contributed by atoms with Gasteiger partial charge >= 0.3 is 0 Å². The van der Waals surface area contributed by atoms with Gasteiger partial charge in [0.25, 0.3) is 0 Å². The van der Waals surface area contributed by atoms with E-state index in [2.05, 4.69) is 19.7 Å². The SMILES string of the molecule is O=S(=O)(NCCCN1CCN(c2noc3ccccc23)CC1)c1cc2cc(Cl)ccc2s1. The fourth-order valence-corrected chi connectivity index (χ4v) is 6.66. The van der Waals surface area contributed by atoms with E-state index < -0.39 is 10.0 Å². The topological polar surface area (TPSA) is 78.7 Å². The van der Waals surface area contributed by atoms with Crippen molar-refractivity contribution < 1.29 is 12.9 Å². The highest BCUT2D eigenvalue weighted by Crippen LogP contribution is 2.31. The van der Waals surface area contributed by atoms with Crippen molar-refractivity contribution in [2.45, 2.75) is 10.6 Å². The fourth-order valence-electron chi connectivity index (χ4n) is 3.99. The number of rotatable bonds is 7. The Labute approximate surface area is 195 Å². The largest absolute Gasteiger partial charge is 0.354 e. The molecule has 4 aromatic rings. The van der Waals surface area contributed by atoms with Crippen LogP contribution in [0, 0.1) is 0 Å². The maximum atomic E-state index is 12.6. The first-order valence-corrected chi connectivity index (χ1v) is 13.2. The molecule has 3 heterocycles. The average molecular weight is 491 g/mol. The molecule has 1 N–H and O–H groups in total. The van der Waals surface area contributed by atoms with Crippen molar-refractivity contribution >= 4 is 59.8 Å². The molecule has 0 saturated carbocycles. The van der Waals surface area contributed by atoms with Gasteiger partial charge in [0, 0.05) is 42.4 Å². The summed E-state index contributed by atoms with van der Waals surface area (Å²) in [6.45, 7) is 4.80. The molecule has 0 atom stereocenters. The van der Waals surface area contributed by atoms with Crippen molar-refractivity contribution in [2.24, 2.45) is 0 Å². The van der Waals surface area contributed by atoms with Crippen LogP contribution in [-0.2, 0) is 10.0 Å². The third-order valence-corrected chi connectivity index (χ3v) is 8.98. The van der Waals surface area contributed by atoms with Crippen LogP contribution >= 0.6 is 22.9 Å². The quantitative estimate of drug-likeness (QED) is 0.391. The van der Waals surface area contributed by atoms with E-state index in [0.717, 1.165) is 66.0 Å². The fraction of sp³-hybridized carbons (Fsp3) is 0.318. The Kier molecular flexibility index (Phi) is 6.09. The number of aromatic nitrogens is 1. The highest BCUT2D eigenvalue weighted by molar-refractivity contribution is 7.91. The van der Waals surface area contributed by atoms with Crippen molar-refractivity contribution in [3.63, 3.8) is 0 Å². The molecule has 0 amide bonds. The summed E-state index contributed by atoms with van der Waals surface area (Å²) in [5.74, 6) is 0.901. The second-order valence-corrected chi connectivity index (χ2v) is 11.3. The van der Waals surface area contributed by atoms with E-state index >= 15 is 0 Å². The zero-order chi connectivity index (χ0) is 22.1. The normalized spacial score (nSPS) is 15.7. The molecule has 10 heteroatoms. The molecule has 1 aliphatic rings. The Morgan fingerprint density at radius 1 is 1.09 bits per heavy atom. The predicted octanol–water partition coefficient (Wildman–Crippen LogP) is 4.19. The maximum Gasteiger partial charge on any atom is 0.250 e. The second kappa shape index (κ2) is 8.99. The lowest BCUT2D eigenvalue weighted by Gasteiger charge is -2.34. The van der Waals surface area contributed by atoms with E-state index in [1.807, 2.05) is 30.3 Å². The standard InChI is InChI=1S/C22H23ClN4O3S2/c23-17-6-7-20-16(14-17)15-21(31-20)32(28,29)24-8-3-9-26-10-12-27(13-11-26)22-18-4-1-2-5-19(18)30-25-22/h1-2,4-7,14-15,24H,3,8-13H2. The molecule has 1 aliphatic heterocycles. The number of halogens is 1. The van der Waals surface area contributed by atoms with Crippen LogP contribution in [0.5, 0.6) is 0 Å². The molecule has 1 fully saturated rings. The van der Waals surface area contributed by atoms with Gasteiger partial charge in [0.2, 0.25) is 10.0 Å². The Bertz CT molecular complexity index is 1340. The number of sulfonamides is 1. The Hall–Kier alpha value is -2.17. The van der Waals surface area contributed by atoms with Gasteiger partial charge in [-0.15, -0.1) is 11.3 Å². The van der Waals surface area contributed by atoms with E-state index in [1.54, 1.807) is 18.2 Å². The summed E-state index contributed by atoms with van der Waals surface area (Å²) in [4.78, 5) is 4.60.